The first kappa shape index (κ1) is 27.8. The molecule has 0 bridgehead atoms. The fourth-order valence-corrected chi connectivity index (χ4v) is 4.64. The third-order valence-electron chi connectivity index (χ3n) is 6.51. The maximum atomic E-state index is 13.7. The molecule has 206 valence electrons. The molecule has 1 aliphatic heterocycles. The summed E-state index contributed by atoms with van der Waals surface area (Å²) in [4.78, 5) is 27.6. The molecule has 0 radical (unpaired) electrons. The van der Waals surface area contributed by atoms with Gasteiger partial charge in [-0.25, -0.2) is 4.79 Å². The summed E-state index contributed by atoms with van der Waals surface area (Å²) >= 11 is 0. The molecule has 0 N–H and O–H groups in total. The van der Waals surface area contributed by atoms with Crippen LogP contribution < -0.4 is 18.9 Å². The van der Waals surface area contributed by atoms with Gasteiger partial charge in [-0.1, -0.05) is 0 Å². The first-order chi connectivity index (χ1) is 18.8. The van der Waals surface area contributed by atoms with Crippen molar-refractivity contribution in [2.24, 2.45) is 0 Å². The van der Waals surface area contributed by atoms with Crippen molar-refractivity contribution in [3.05, 3.63) is 82.9 Å². The van der Waals surface area contributed by atoms with Crippen molar-refractivity contribution in [2.45, 2.75) is 39.3 Å². The summed E-state index contributed by atoms with van der Waals surface area (Å²) in [6.07, 6.45) is 0.714. The number of ether oxygens (including phenoxy) is 5. The number of methoxy groups -OCH3 is 2. The second kappa shape index (κ2) is 12.6. The largest absolute Gasteiger partial charge is 0.493 e. The molecule has 3 aromatic carbocycles. The number of fused-ring (bicyclic) bond motifs is 1. The third-order valence-corrected chi connectivity index (χ3v) is 6.51. The number of hydrogen-bond donors (Lipinski definition) is 0. The molecule has 1 aliphatic rings. The van der Waals surface area contributed by atoms with Crippen molar-refractivity contribution in [1.29, 1.82) is 0 Å². The molecule has 0 fully saturated rings. The van der Waals surface area contributed by atoms with Crippen LogP contribution in [0.2, 0.25) is 0 Å². The van der Waals surface area contributed by atoms with Crippen LogP contribution in [0.3, 0.4) is 0 Å². The fourth-order valence-electron chi connectivity index (χ4n) is 4.64. The molecule has 4 rings (SSSR count). The second-order valence-electron chi connectivity index (χ2n) is 9.42. The van der Waals surface area contributed by atoms with Crippen molar-refractivity contribution in [1.82, 2.24) is 4.90 Å². The van der Waals surface area contributed by atoms with Gasteiger partial charge < -0.3 is 28.6 Å². The molecule has 1 atom stereocenters. The SMILES string of the molecule is CCOC(=O)c1ccc(OCC2c3cc(OC)c(OC)cc3CCN2C(=O)c2ccc(OC(C)C)cc2)cc1. The Morgan fingerprint density at radius 1 is 0.897 bits per heavy atom. The van der Waals surface area contributed by atoms with E-state index in [4.69, 9.17) is 23.7 Å². The molecular weight excluding hydrogens is 498 g/mol. The number of carbonyl (C=O) groups excluding carboxylic acids is 2. The minimum Gasteiger partial charge on any atom is -0.493 e. The molecule has 8 nitrogen and oxygen atoms in total. The summed E-state index contributed by atoms with van der Waals surface area (Å²) in [5.41, 5.74) is 3.03. The van der Waals surface area contributed by atoms with Crippen LogP contribution in [0.4, 0.5) is 0 Å². The van der Waals surface area contributed by atoms with Crippen LogP contribution in [0, 0.1) is 0 Å². The average molecular weight is 534 g/mol. The molecule has 0 saturated carbocycles. The number of carbonyl (C=O) groups is 2. The van der Waals surface area contributed by atoms with Gasteiger partial charge in [0.05, 0.1) is 38.5 Å². The Bertz CT molecular complexity index is 1290. The van der Waals surface area contributed by atoms with Gasteiger partial charge in [-0.2, -0.15) is 0 Å². The standard InChI is InChI=1S/C31H35NO7/c1-6-37-31(34)22-9-11-24(12-10-22)38-19-27-26-18-29(36-5)28(35-4)17-23(26)15-16-32(27)30(33)21-7-13-25(14-8-21)39-20(2)3/h7-14,17-18,20,27H,6,15-16,19H2,1-5H3. The zero-order chi connectivity index (χ0) is 27.9. The zero-order valence-corrected chi connectivity index (χ0v) is 23.1. The minimum atomic E-state index is -0.382. The Morgan fingerprint density at radius 3 is 2.13 bits per heavy atom. The van der Waals surface area contributed by atoms with Gasteiger partial charge >= 0.3 is 5.97 Å². The van der Waals surface area contributed by atoms with E-state index >= 15 is 0 Å². The van der Waals surface area contributed by atoms with Crippen LogP contribution in [0.15, 0.2) is 60.7 Å². The van der Waals surface area contributed by atoms with Gasteiger partial charge in [0.25, 0.3) is 5.91 Å². The highest BCUT2D eigenvalue weighted by Gasteiger charge is 2.33. The van der Waals surface area contributed by atoms with Crippen molar-refractivity contribution >= 4 is 11.9 Å². The summed E-state index contributed by atoms with van der Waals surface area (Å²) in [5, 5.41) is 0. The van der Waals surface area contributed by atoms with Gasteiger partial charge in [0, 0.05) is 12.1 Å². The quantitative estimate of drug-likeness (QED) is 0.319. The second-order valence-corrected chi connectivity index (χ2v) is 9.42. The average Bonchev–Trinajstić information content (AvgIpc) is 2.95. The number of amides is 1. The van der Waals surface area contributed by atoms with E-state index in [2.05, 4.69) is 0 Å². The Labute approximate surface area is 229 Å². The van der Waals surface area contributed by atoms with Crippen LogP contribution in [0.5, 0.6) is 23.0 Å². The molecular formula is C31H35NO7. The van der Waals surface area contributed by atoms with Gasteiger partial charge in [0.2, 0.25) is 0 Å². The predicted octanol–water partition coefficient (Wildman–Crippen LogP) is 5.49. The van der Waals surface area contributed by atoms with Gasteiger partial charge in [-0.15, -0.1) is 0 Å². The Hall–Kier alpha value is -4.20. The van der Waals surface area contributed by atoms with Crippen LogP contribution in [-0.4, -0.2) is 56.9 Å². The molecule has 39 heavy (non-hydrogen) atoms. The minimum absolute atomic E-state index is 0.0463. The van der Waals surface area contributed by atoms with Crippen molar-refractivity contribution < 1.29 is 33.3 Å². The van der Waals surface area contributed by atoms with Gasteiger partial charge in [-0.05, 0) is 99.0 Å². The first-order valence-electron chi connectivity index (χ1n) is 13.1. The fraction of sp³-hybridized carbons (Fsp3) is 0.355. The maximum Gasteiger partial charge on any atom is 0.338 e. The van der Waals surface area contributed by atoms with Crippen LogP contribution in [0.25, 0.3) is 0 Å². The van der Waals surface area contributed by atoms with Crippen LogP contribution in [0.1, 0.15) is 58.7 Å². The summed E-state index contributed by atoms with van der Waals surface area (Å²) in [6, 6.07) is 17.5. The van der Waals surface area contributed by atoms with E-state index in [-0.39, 0.29) is 30.6 Å². The Morgan fingerprint density at radius 2 is 1.51 bits per heavy atom. The van der Waals surface area contributed by atoms with E-state index in [1.54, 1.807) is 57.5 Å². The highest BCUT2D eigenvalue weighted by atomic mass is 16.5. The van der Waals surface area contributed by atoms with E-state index in [0.29, 0.717) is 53.7 Å². The third kappa shape index (κ3) is 6.45. The number of nitrogens with zero attached hydrogens (tertiary/aromatic N) is 1. The lowest BCUT2D eigenvalue weighted by Crippen LogP contribution is -2.42. The van der Waals surface area contributed by atoms with Crippen LogP contribution >= 0.6 is 0 Å². The number of hydrogen-bond acceptors (Lipinski definition) is 7. The molecule has 0 saturated heterocycles. The highest BCUT2D eigenvalue weighted by molar-refractivity contribution is 5.95. The van der Waals surface area contributed by atoms with Gasteiger partial charge in [0.15, 0.2) is 11.5 Å². The molecule has 0 spiro atoms. The Kier molecular flexibility index (Phi) is 8.96. The lowest BCUT2D eigenvalue weighted by atomic mass is 9.91. The van der Waals surface area contributed by atoms with E-state index in [9.17, 15) is 9.59 Å². The normalized spacial score (nSPS) is 14.4. The van der Waals surface area contributed by atoms with Crippen molar-refractivity contribution in [3.63, 3.8) is 0 Å². The maximum absolute atomic E-state index is 13.7. The van der Waals surface area contributed by atoms with E-state index in [1.165, 1.54) is 0 Å². The smallest absolute Gasteiger partial charge is 0.338 e. The van der Waals surface area contributed by atoms with Gasteiger partial charge in [-0.3, -0.25) is 4.79 Å². The first-order valence-corrected chi connectivity index (χ1v) is 13.1. The predicted molar refractivity (Wildman–Crippen MR) is 147 cm³/mol. The van der Waals surface area contributed by atoms with Crippen molar-refractivity contribution in [2.75, 3.05) is 34.0 Å². The topological polar surface area (TPSA) is 83.5 Å². The van der Waals surface area contributed by atoms with Crippen molar-refractivity contribution in [3.8, 4) is 23.0 Å². The Balaban J connectivity index is 1.62. The number of benzene rings is 3. The molecule has 0 aliphatic carbocycles. The summed E-state index contributed by atoms with van der Waals surface area (Å²) < 4.78 is 28.0. The summed E-state index contributed by atoms with van der Waals surface area (Å²) in [7, 11) is 3.20. The van der Waals surface area contributed by atoms with E-state index < -0.39 is 0 Å². The molecule has 0 aromatic heterocycles. The monoisotopic (exact) mass is 533 g/mol. The number of rotatable bonds is 10. The molecule has 8 heteroatoms. The van der Waals surface area contributed by atoms with E-state index in [0.717, 1.165) is 11.1 Å². The lowest BCUT2D eigenvalue weighted by Gasteiger charge is -2.37. The molecule has 1 heterocycles. The molecule has 1 amide bonds. The lowest BCUT2D eigenvalue weighted by molar-refractivity contribution is 0.0524. The molecule has 1 unspecified atom stereocenters. The summed E-state index contributed by atoms with van der Waals surface area (Å²) in [5.74, 6) is 2.05. The van der Waals surface area contributed by atoms with E-state index in [1.807, 2.05) is 43.0 Å². The number of esters is 1. The van der Waals surface area contributed by atoms with Crippen LogP contribution in [-0.2, 0) is 11.2 Å². The molecule has 3 aromatic rings. The summed E-state index contributed by atoms with van der Waals surface area (Å²) in [6.45, 7) is 6.72. The zero-order valence-electron chi connectivity index (χ0n) is 23.1. The van der Waals surface area contributed by atoms with Gasteiger partial charge in [0.1, 0.15) is 18.1 Å². The highest BCUT2D eigenvalue weighted by Crippen LogP contribution is 2.39.